The van der Waals surface area contributed by atoms with Crippen molar-refractivity contribution in [2.45, 2.75) is 26.3 Å². The molecule has 0 amide bonds. The van der Waals surface area contributed by atoms with Crippen LogP contribution in [-0.2, 0) is 9.53 Å². The van der Waals surface area contributed by atoms with E-state index >= 15 is 0 Å². The average Bonchev–Trinajstić information content (AvgIpc) is 2.39. The van der Waals surface area contributed by atoms with E-state index in [0.717, 1.165) is 11.3 Å². The van der Waals surface area contributed by atoms with Gasteiger partial charge in [-0.1, -0.05) is 17.7 Å². The fraction of sp³-hybridized carbons (Fsp3) is 0.500. The van der Waals surface area contributed by atoms with E-state index in [-0.39, 0.29) is 18.4 Å². The summed E-state index contributed by atoms with van der Waals surface area (Å²) >= 11 is 0. The molecule has 0 aliphatic carbocycles. The topological polar surface area (TPSA) is 47.6 Å². The quantitative estimate of drug-likeness (QED) is 0.787. The molecule has 1 aromatic carbocycles. The van der Waals surface area contributed by atoms with Crippen molar-refractivity contribution in [3.63, 3.8) is 0 Å². The second-order valence-electron chi connectivity index (χ2n) is 4.23. The summed E-state index contributed by atoms with van der Waals surface area (Å²) < 4.78 is 10.2. The van der Waals surface area contributed by atoms with Crippen LogP contribution in [0.2, 0.25) is 0 Å². The van der Waals surface area contributed by atoms with Gasteiger partial charge in [-0.25, -0.2) is 0 Å². The summed E-state index contributed by atoms with van der Waals surface area (Å²) in [7, 11) is 3.29. The van der Waals surface area contributed by atoms with Crippen LogP contribution in [0.5, 0.6) is 5.75 Å². The Hall–Kier alpha value is -1.55. The Morgan fingerprint density at radius 2 is 2.17 bits per heavy atom. The predicted octanol–water partition coefficient (Wildman–Crippen LogP) is 2.22. The van der Waals surface area contributed by atoms with Crippen LogP contribution in [0.3, 0.4) is 0 Å². The lowest BCUT2D eigenvalue weighted by atomic mass is 10.0. The molecule has 4 heteroatoms. The summed E-state index contributed by atoms with van der Waals surface area (Å²) in [6.07, 6.45) is 0.262. The number of rotatable bonds is 6. The van der Waals surface area contributed by atoms with Crippen LogP contribution in [0.25, 0.3) is 0 Å². The van der Waals surface area contributed by atoms with Crippen LogP contribution in [-0.4, -0.2) is 26.7 Å². The highest BCUT2D eigenvalue weighted by Crippen LogP contribution is 2.26. The van der Waals surface area contributed by atoms with Crippen molar-refractivity contribution < 1.29 is 14.3 Å². The maximum atomic E-state index is 11.0. The summed E-state index contributed by atoms with van der Waals surface area (Å²) in [5.41, 5.74) is 2.29. The van der Waals surface area contributed by atoms with Crippen LogP contribution in [0.1, 0.15) is 30.5 Å². The number of ether oxygens (including phenoxy) is 2. The molecule has 0 aromatic heterocycles. The van der Waals surface area contributed by atoms with Crippen LogP contribution in [0, 0.1) is 6.92 Å². The molecular weight excluding hydrogens is 230 g/mol. The Morgan fingerprint density at radius 1 is 1.44 bits per heavy atom. The van der Waals surface area contributed by atoms with Crippen LogP contribution in [0.4, 0.5) is 0 Å². The van der Waals surface area contributed by atoms with E-state index < -0.39 is 0 Å². The number of carbonyl (C=O) groups is 1. The fourth-order valence-corrected chi connectivity index (χ4v) is 1.64. The van der Waals surface area contributed by atoms with Crippen LogP contribution in [0.15, 0.2) is 18.2 Å². The summed E-state index contributed by atoms with van der Waals surface area (Å²) in [6, 6.07) is 6.24. The van der Waals surface area contributed by atoms with Crippen molar-refractivity contribution in [1.82, 2.24) is 5.32 Å². The zero-order chi connectivity index (χ0) is 13.5. The number of hydrogen-bond acceptors (Lipinski definition) is 4. The maximum Gasteiger partial charge on any atom is 0.308 e. The van der Waals surface area contributed by atoms with E-state index in [4.69, 9.17) is 4.74 Å². The standard InChI is InChI=1S/C14H21NO3/c1-10-5-6-13(12(9-10)11(2)15-3)18-8-7-14(16)17-4/h5-6,9,11,15H,7-8H2,1-4H3. The first kappa shape index (κ1) is 14.5. The van der Waals surface area contributed by atoms with Crippen LogP contribution < -0.4 is 10.1 Å². The highest BCUT2D eigenvalue weighted by atomic mass is 16.5. The fourth-order valence-electron chi connectivity index (χ4n) is 1.64. The third-order valence-corrected chi connectivity index (χ3v) is 2.86. The largest absolute Gasteiger partial charge is 0.493 e. The van der Waals surface area contributed by atoms with E-state index in [1.165, 1.54) is 12.7 Å². The molecule has 0 saturated heterocycles. The van der Waals surface area contributed by atoms with Gasteiger partial charge in [-0.2, -0.15) is 0 Å². The monoisotopic (exact) mass is 251 g/mol. The smallest absolute Gasteiger partial charge is 0.308 e. The zero-order valence-electron chi connectivity index (χ0n) is 11.4. The maximum absolute atomic E-state index is 11.0. The van der Waals surface area contributed by atoms with E-state index in [1.54, 1.807) is 0 Å². The van der Waals surface area contributed by atoms with Gasteiger partial charge < -0.3 is 14.8 Å². The molecule has 0 radical (unpaired) electrons. The number of hydrogen-bond donors (Lipinski definition) is 1. The minimum absolute atomic E-state index is 0.207. The number of aryl methyl sites for hydroxylation is 1. The van der Waals surface area contributed by atoms with Gasteiger partial charge in [0.2, 0.25) is 0 Å². The van der Waals surface area contributed by atoms with Gasteiger partial charge in [0.05, 0.1) is 20.1 Å². The van der Waals surface area contributed by atoms with E-state index in [9.17, 15) is 4.79 Å². The second kappa shape index (κ2) is 7.01. The zero-order valence-corrected chi connectivity index (χ0v) is 11.4. The lowest BCUT2D eigenvalue weighted by Gasteiger charge is -2.17. The van der Waals surface area contributed by atoms with Gasteiger partial charge in [0.15, 0.2) is 0 Å². The molecule has 0 aliphatic heterocycles. The normalized spacial score (nSPS) is 12.0. The van der Waals surface area contributed by atoms with E-state index in [2.05, 4.69) is 23.0 Å². The molecule has 1 N–H and O–H groups in total. The van der Waals surface area contributed by atoms with Crippen molar-refractivity contribution in [3.8, 4) is 5.75 Å². The first-order valence-corrected chi connectivity index (χ1v) is 6.06. The highest BCUT2D eigenvalue weighted by Gasteiger charge is 2.11. The van der Waals surface area contributed by atoms with E-state index in [0.29, 0.717) is 6.61 Å². The minimum Gasteiger partial charge on any atom is -0.493 e. The first-order chi connectivity index (χ1) is 8.58. The summed E-state index contributed by atoms with van der Waals surface area (Å²) in [5, 5.41) is 3.19. The van der Waals surface area contributed by atoms with Gasteiger partial charge in [-0.15, -0.1) is 0 Å². The van der Waals surface area contributed by atoms with Crippen molar-refractivity contribution >= 4 is 5.97 Å². The van der Waals surface area contributed by atoms with Gasteiger partial charge in [0.25, 0.3) is 0 Å². The molecule has 0 heterocycles. The summed E-state index contributed by atoms with van der Waals surface area (Å²) in [6.45, 7) is 4.45. The van der Waals surface area contributed by atoms with E-state index in [1.807, 2.05) is 26.1 Å². The Labute approximate surface area is 108 Å². The molecular formula is C14H21NO3. The average molecular weight is 251 g/mol. The molecule has 18 heavy (non-hydrogen) atoms. The predicted molar refractivity (Wildman–Crippen MR) is 70.8 cm³/mol. The van der Waals surface area contributed by atoms with Crippen molar-refractivity contribution in [3.05, 3.63) is 29.3 Å². The molecule has 4 nitrogen and oxygen atoms in total. The SMILES string of the molecule is CNC(C)c1cc(C)ccc1OCCC(=O)OC. The van der Waals surface area contributed by atoms with Crippen molar-refractivity contribution in [2.75, 3.05) is 20.8 Å². The number of nitrogens with one attached hydrogen (secondary N) is 1. The molecule has 1 atom stereocenters. The van der Waals surface area contributed by atoms with Gasteiger partial charge >= 0.3 is 5.97 Å². The highest BCUT2D eigenvalue weighted by molar-refractivity contribution is 5.69. The molecule has 100 valence electrons. The molecule has 0 aliphatic rings. The third-order valence-electron chi connectivity index (χ3n) is 2.86. The molecule has 0 spiro atoms. The van der Waals surface area contributed by atoms with Gasteiger partial charge in [0.1, 0.15) is 5.75 Å². The van der Waals surface area contributed by atoms with Crippen LogP contribution >= 0.6 is 0 Å². The molecule has 0 saturated carbocycles. The number of esters is 1. The first-order valence-electron chi connectivity index (χ1n) is 6.06. The summed E-state index contributed by atoms with van der Waals surface area (Å²) in [4.78, 5) is 11.0. The third kappa shape index (κ3) is 4.04. The number of carbonyl (C=O) groups excluding carboxylic acids is 1. The Bertz CT molecular complexity index is 404. The lowest BCUT2D eigenvalue weighted by Crippen LogP contribution is -2.15. The van der Waals surface area contributed by atoms with Crippen molar-refractivity contribution in [2.24, 2.45) is 0 Å². The second-order valence-corrected chi connectivity index (χ2v) is 4.23. The molecule has 0 fully saturated rings. The molecule has 0 bridgehead atoms. The molecule has 1 rings (SSSR count). The molecule has 1 unspecified atom stereocenters. The Balaban J connectivity index is 2.72. The summed E-state index contributed by atoms with van der Waals surface area (Å²) in [5.74, 6) is 0.552. The lowest BCUT2D eigenvalue weighted by molar-refractivity contribution is -0.141. The number of methoxy groups -OCH3 is 1. The van der Waals surface area contributed by atoms with Gasteiger partial charge in [0, 0.05) is 11.6 Å². The Kier molecular flexibility index (Phi) is 5.65. The molecule has 1 aromatic rings. The van der Waals surface area contributed by atoms with Gasteiger partial charge in [-0.3, -0.25) is 4.79 Å². The number of benzene rings is 1. The van der Waals surface area contributed by atoms with Crippen molar-refractivity contribution in [1.29, 1.82) is 0 Å². The Morgan fingerprint density at radius 3 is 2.78 bits per heavy atom. The van der Waals surface area contributed by atoms with Gasteiger partial charge in [-0.05, 0) is 27.0 Å². The minimum atomic E-state index is -0.259.